The Hall–Kier alpha value is -1.35. The molecule has 0 bridgehead atoms. The van der Waals surface area contributed by atoms with Crippen molar-refractivity contribution in [3.8, 4) is 0 Å². The molecule has 0 spiro atoms. The summed E-state index contributed by atoms with van der Waals surface area (Å²) in [5.41, 5.74) is 0.729. The molecular weight excluding hydrogens is 274 g/mol. The van der Waals surface area contributed by atoms with Gasteiger partial charge in [-0.15, -0.1) is 0 Å². The molecule has 1 aromatic carbocycles. The first-order valence-electron chi connectivity index (χ1n) is 8.66. The van der Waals surface area contributed by atoms with Gasteiger partial charge in [-0.2, -0.15) is 0 Å². The van der Waals surface area contributed by atoms with Crippen LogP contribution in [0.3, 0.4) is 0 Å². The minimum absolute atomic E-state index is 0.0147. The minimum Gasteiger partial charge on any atom is -0.460 e. The summed E-state index contributed by atoms with van der Waals surface area (Å²) in [6.45, 7) is 1.90. The molecule has 1 aliphatic heterocycles. The van der Waals surface area contributed by atoms with E-state index in [4.69, 9.17) is 4.74 Å². The summed E-state index contributed by atoms with van der Waals surface area (Å²) < 4.78 is 5.95. The van der Waals surface area contributed by atoms with E-state index in [0.29, 0.717) is 0 Å². The van der Waals surface area contributed by atoms with E-state index >= 15 is 0 Å². The Morgan fingerprint density at radius 3 is 2.41 bits per heavy atom. The molecule has 1 aromatic rings. The number of benzene rings is 1. The molecular formula is C19H27NO2. The molecule has 1 heterocycles. The van der Waals surface area contributed by atoms with Gasteiger partial charge in [-0.25, -0.2) is 0 Å². The highest BCUT2D eigenvalue weighted by Gasteiger charge is 2.43. The maximum Gasteiger partial charge on any atom is 0.316 e. The van der Waals surface area contributed by atoms with Crippen LogP contribution in [0.25, 0.3) is 0 Å². The van der Waals surface area contributed by atoms with E-state index < -0.39 is 5.41 Å². The molecule has 120 valence electrons. The molecule has 0 unspecified atom stereocenters. The lowest BCUT2D eigenvalue weighted by Crippen LogP contribution is -2.39. The standard InChI is InChI=1S/C19H27NO2/c1-20-14-11-17(15-20)22-18(21)19(12-7-2-3-8-13-19)16-9-5-4-6-10-16/h4-6,9-10,17H,2-3,7-8,11-15H2,1H3/t17-/m1/s1. The van der Waals surface area contributed by atoms with Gasteiger partial charge in [0.05, 0.1) is 5.41 Å². The van der Waals surface area contributed by atoms with Crippen molar-refractivity contribution in [2.24, 2.45) is 0 Å². The first kappa shape index (κ1) is 15.5. The fourth-order valence-corrected chi connectivity index (χ4v) is 3.95. The highest BCUT2D eigenvalue weighted by atomic mass is 16.5. The Morgan fingerprint density at radius 2 is 1.82 bits per heavy atom. The zero-order valence-corrected chi connectivity index (χ0v) is 13.6. The summed E-state index contributed by atoms with van der Waals surface area (Å²) >= 11 is 0. The highest BCUT2D eigenvalue weighted by Crippen LogP contribution is 2.40. The van der Waals surface area contributed by atoms with Crippen LogP contribution in [0.4, 0.5) is 0 Å². The molecule has 2 aliphatic rings. The van der Waals surface area contributed by atoms with Gasteiger partial charge in [-0.05, 0) is 31.9 Å². The summed E-state index contributed by atoms with van der Waals surface area (Å²) in [6, 6.07) is 10.3. The zero-order chi connectivity index (χ0) is 15.4. The number of likely N-dealkylation sites (N-methyl/N-ethyl adjacent to an activating group) is 1. The van der Waals surface area contributed by atoms with E-state index in [-0.39, 0.29) is 12.1 Å². The third kappa shape index (κ3) is 3.19. The molecule has 22 heavy (non-hydrogen) atoms. The average molecular weight is 301 g/mol. The van der Waals surface area contributed by atoms with E-state index in [1.165, 1.54) is 12.8 Å². The van der Waals surface area contributed by atoms with Gasteiger partial charge in [0, 0.05) is 13.1 Å². The van der Waals surface area contributed by atoms with Crippen molar-refractivity contribution in [2.45, 2.75) is 56.5 Å². The number of likely N-dealkylation sites (tertiary alicyclic amines) is 1. The molecule has 1 saturated heterocycles. The normalized spacial score (nSPS) is 25.6. The molecule has 0 amide bonds. The molecule has 1 aliphatic carbocycles. The van der Waals surface area contributed by atoms with Gasteiger partial charge in [0.2, 0.25) is 0 Å². The highest BCUT2D eigenvalue weighted by molar-refractivity contribution is 5.83. The first-order chi connectivity index (χ1) is 10.7. The molecule has 3 heteroatoms. The number of carbonyl (C=O) groups excluding carboxylic acids is 1. The van der Waals surface area contributed by atoms with E-state index in [1.54, 1.807) is 0 Å². The van der Waals surface area contributed by atoms with Crippen molar-refractivity contribution in [3.05, 3.63) is 35.9 Å². The molecule has 0 aromatic heterocycles. The third-order valence-electron chi connectivity index (χ3n) is 5.30. The Kier molecular flexibility index (Phi) is 4.82. The van der Waals surface area contributed by atoms with E-state index in [9.17, 15) is 4.79 Å². The molecule has 1 atom stereocenters. The van der Waals surface area contributed by atoms with Gasteiger partial charge in [0.1, 0.15) is 6.10 Å². The van der Waals surface area contributed by atoms with Crippen molar-refractivity contribution < 1.29 is 9.53 Å². The Labute approximate surface area is 133 Å². The number of carbonyl (C=O) groups is 1. The molecule has 1 saturated carbocycles. The van der Waals surface area contributed by atoms with Crippen LogP contribution in [-0.2, 0) is 14.9 Å². The molecule has 2 fully saturated rings. The lowest BCUT2D eigenvalue weighted by molar-refractivity contribution is -0.156. The number of rotatable bonds is 3. The van der Waals surface area contributed by atoms with Gasteiger partial charge in [-0.3, -0.25) is 4.79 Å². The van der Waals surface area contributed by atoms with Crippen LogP contribution in [0, 0.1) is 0 Å². The van der Waals surface area contributed by atoms with Crippen LogP contribution < -0.4 is 0 Å². The lowest BCUT2D eigenvalue weighted by atomic mass is 9.74. The maximum atomic E-state index is 13.1. The zero-order valence-electron chi connectivity index (χ0n) is 13.6. The van der Waals surface area contributed by atoms with Crippen molar-refractivity contribution in [2.75, 3.05) is 20.1 Å². The smallest absolute Gasteiger partial charge is 0.316 e. The third-order valence-corrected chi connectivity index (χ3v) is 5.30. The molecule has 0 radical (unpaired) electrons. The van der Waals surface area contributed by atoms with Gasteiger partial charge in [0.25, 0.3) is 0 Å². The van der Waals surface area contributed by atoms with Crippen molar-refractivity contribution >= 4 is 5.97 Å². The predicted octanol–water partition coefficient (Wildman–Crippen LogP) is 3.53. The fourth-order valence-electron chi connectivity index (χ4n) is 3.95. The fraction of sp³-hybridized carbons (Fsp3) is 0.632. The minimum atomic E-state index is -0.418. The summed E-state index contributed by atoms with van der Waals surface area (Å²) in [6.07, 6.45) is 7.59. The van der Waals surface area contributed by atoms with Gasteiger partial charge >= 0.3 is 5.97 Å². The number of nitrogens with zero attached hydrogens (tertiary/aromatic N) is 1. The molecule has 3 nitrogen and oxygen atoms in total. The van der Waals surface area contributed by atoms with Crippen molar-refractivity contribution in [1.82, 2.24) is 4.90 Å². The molecule has 0 N–H and O–H groups in total. The Bertz CT molecular complexity index is 491. The van der Waals surface area contributed by atoms with E-state index in [0.717, 1.165) is 50.8 Å². The quantitative estimate of drug-likeness (QED) is 0.632. The van der Waals surface area contributed by atoms with Crippen LogP contribution >= 0.6 is 0 Å². The van der Waals surface area contributed by atoms with Crippen LogP contribution in [-0.4, -0.2) is 37.1 Å². The first-order valence-corrected chi connectivity index (χ1v) is 8.66. The topological polar surface area (TPSA) is 29.5 Å². The summed E-state index contributed by atoms with van der Waals surface area (Å²) in [7, 11) is 2.09. The second-order valence-corrected chi connectivity index (χ2v) is 6.94. The van der Waals surface area contributed by atoms with E-state index in [2.05, 4.69) is 24.1 Å². The number of hydrogen-bond acceptors (Lipinski definition) is 3. The number of hydrogen-bond donors (Lipinski definition) is 0. The lowest BCUT2D eigenvalue weighted by Gasteiger charge is -2.32. The predicted molar refractivity (Wildman–Crippen MR) is 87.8 cm³/mol. The number of esters is 1. The Morgan fingerprint density at radius 1 is 1.14 bits per heavy atom. The summed E-state index contributed by atoms with van der Waals surface area (Å²) in [4.78, 5) is 15.3. The molecule has 3 rings (SSSR count). The number of ether oxygens (including phenoxy) is 1. The van der Waals surface area contributed by atoms with E-state index in [1.807, 2.05) is 18.2 Å². The Balaban J connectivity index is 1.83. The van der Waals surface area contributed by atoms with Gasteiger partial charge in [0.15, 0.2) is 0 Å². The largest absolute Gasteiger partial charge is 0.460 e. The van der Waals surface area contributed by atoms with Crippen LogP contribution in [0.5, 0.6) is 0 Å². The summed E-state index contributed by atoms with van der Waals surface area (Å²) in [5.74, 6) is 0.0147. The average Bonchev–Trinajstić information content (AvgIpc) is 2.80. The monoisotopic (exact) mass is 301 g/mol. The van der Waals surface area contributed by atoms with Crippen molar-refractivity contribution in [1.29, 1.82) is 0 Å². The van der Waals surface area contributed by atoms with Crippen LogP contribution in [0.2, 0.25) is 0 Å². The van der Waals surface area contributed by atoms with Gasteiger partial charge < -0.3 is 9.64 Å². The van der Waals surface area contributed by atoms with Crippen LogP contribution in [0.15, 0.2) is 30.3 Å². The SMILES string of the molecule is CN1CC[C@@H](OC(=O)C2(c3ccccc3)CCCCCC2)C1. The van der Waals surface area contributed by atoms with Crippen LogP contribution in [0.1, 0.15) is 50.5 Å². The maximum absolute atomic E-state index is 13.1. The van der Waals surface area contributed by atoms with Crippen molar-refractivity contribution in [3.63, 3.8) is 0 Å². The summed E-state index contributed by atoms with van der Waals surface area (Å²) in [5, 5.41) is 0. The van der Waals surface area contributed by atoms with Gasteiger partial charge in [-0.1, -0.05) is 56.0 Å². The second-order valence-electron chi connectivity index (χ2n) is 6.94. The second kappa shape index (κ2) is 6.82.